The number of amides is 1. The lowest BCUT2D eigenvalue weighted by atomic mass is 9.91. The van der Waals surface area contributed by atoms with Gasteiger partial charge in [-0.05, 0) is 71.3 Å². The fourth-order valence-electron chi connectivity index (χ4n) is 3.83. The number of rotatable bonds is 6. The molecule has 4 aromatic rings. The summed E-state index contributed by atoms with van der Waals surface area (Å²) in [4.78, 5) is 26.3. The number of aryl methyl sites for hydroxylation is 1. The molecule has 0 bridgehead atoms. The second kappa shape index (κ2) is 9.63. The summed E-state index contributed by atoms with van der Waals surface area (Å²) in [6, 6.07) is 22.3. The molecule has 9 heteroatoms. The SMILES string of the molecule is Cc1ccc(-c2cc3ccccc3cc2C(=O)OS(C)(=O)=O)c(C(=O)Nc2ccc(C(=N)N)cc2)c1. The lowest BCUT2D eigenvalue weighted by molar-refractivity contribution is 0.0749. The first-order valence-electron chi connectivity index (χ1n) is 10.9. The second-order valence-electron chi connectivity index (χ2n) is 8.31. The van der Waals surface area contributed by atoms with Gasteiger partial charge < -0.3 is 15.2 Å². The van der Waals surface area contributed by atoms with Crippen LogP contribution in [0.15, 0.2) is 78.9 Å². The third kappa shape index (κ3) is 5.42. The summed E-state index contributed by atoms with van der Waals surface area (Å²) in [5.74, 6) is -1.55. The molecule has 0 atom stereocenters. The predicted octanol–water partition coefficient (Wildman–Crippen LogP) is 4.47. The summed E-state index contributed by atoms with van der Waals surface area (Å²) in [7, 11) is -4.06. The van der Waals surface area contributed by atoms with Crippen molar-refractivity contribution < 1.29 is 22.2 Å². The third-order valence-electron chi connectivity index (χ3n) is 5.50. The van der Waals surface area contributed by atoms with Crippen LogP contribution in [0.2, 0.25) is 0 Å². The van der Waals surface area contributed by atoms with Crippen LogP contribution in [0.4, 0.5) is 5.69 Å². The Bertz CT molecular complexity index is 1630. The van der Waals surface area contributed by atoms with Gasteiger partial charge in [0.05, 0.1) is 11.8 Å². The molecule has 0 spiro atoms. The van der Waals surface area contributed by atoms with E-state index in [2.05, 4.69) is 5.32 Å². The van der Waals surface area contributed by atoms with Crippen LogP contribution in [-0.4, -0.2) is 32.4 Å². The number of amidine groups is 1. The van der Waals surface area contributed by atoms with Gasteiger partial charge in [0.1, 0.15) is 5.84 Å². The molecule has 0 aliphatic carbocycles. The number of hydrogen-bond acceptors (Lipinski definition) is 6. The first kappa shape index (κ1) is 24.6. The minimum atomic E-state index is -4.06. The van der Waals surface area contributed by atoms with E-state index in [4.69, 9.17) is 15.3 Å². The zero-order chi connectivity index (χ0) is 26.0. The summed E-state index contributed by atoms with van der Waals surface area (Å²) in [5.41, 5.74) is 8.42. The Kier molecular flexibility index (Phi) is 6.59. The van der Waals surface area contributed by atoms with E-state index in [1.807, 2.05) is 19.1 Å². The zero-order valence-corrected chi connectivity index (χ0v) is 20.3. The molecular formula is C27H23N3O5S. The van der Waals surface area contributed by atoms with Crippen molar-refractivity contribution in [1.82, 2.24) is 0 Å². The molecule has 0 fully saturated rings. The maximum Gasteiger partial charge on any atom is 0.354 e. The molecule has 0 heterocycles. The number of benzene rings is 4. The molecule has 0 saturated carbocycles. The minimum absolute atomic E-state index is 0.0165. The van der Waals surface area contributed by atoms with Gasteiger partial charge in [0.25, 0.3) is 5.91 Å². The van der Waals surface area contributed by atoms with Crippen molar-refractivity contribution in [3.05, 3.63) is 101 Å². The smallest absolute Gasteiger partial charge is 0.354 e. The Hall–Kier alpha value is -4.50. The highest BCUT2D eigenvalue weighted by Gasteiger charge is 2.23. The van der Waals surface area contributed by atoms with Crippen LogP contribution in [0, 0.1) is 12.3 Å². The molecule has 0 unspecified atom stereocenters. The van der Waals surface area contributed by atoms with Crippen LogP contribution in [0.5, 0.6) is 0 Å². The van der Waals surface area contributed by atoms with Gasteiger partial charge in [-0.1, -0.05) is 42.0 Å². The van der Waals surface area contributed by atoms with E-state index in [9.17, 15) is 18.0 Å². The number of nitrogens with two attached hydrogens (primary N) is 1. The molecule has 4 rings (SSSR count). The minimum Gasteiger partial charge on any atom is -0.384 e. The molecule has 0 saturated heterocycles. The number of nitrogen functional groups attached to an aromatic ring is 1. The van der Waals surface area contributed by atoms with Gasteiger partial charge in [-0.25, -0.2) is 4.79 Å². The molecule has 36 heavy (non-hydrogen) atoms. The zero-order valence-electron chi connectivity index (χ0n) is 19.5. The molecule has 0 aliphatic rings. The van der Waals surface area contributed by atoms with E-state index < -0.39 is 22.0 Å². The fraction of sp³-hybridized carbons (Fsp3) is 0.0741. The number of carbonyl (C=O) groups excluding carboxylic acids is 2. The molecule has 8 nitrogen and oxygen atoms in total. The summed E-state index contributed by atoms with van der Waals surface area (Å²) in [6.45, 7) is 1.83. The fourth-order valence-corrected chi connectivity index (χ4v) is 4.19. The summed E-state index contributed by atoms with van der Waals surface area (Å²) in [5, 5.41) is 11.8. The van der Waals surface area contributed by atoms with Crippen molar-refractivity contribution in [1.29, 1.82) is 5.41 Å². The van der Waals surface area contributed by atoms with Crippen molar-refractivity contribution >= 4 is 44.3 Å². The summed E-state index contributed by atoms with van der Waals surface area (Å²) >= 11 is 0. The van der Waals surface area contributed by atoms with Gasteiger partial charge in [-0.3, -0.25) is 10.2 Å². The van der Waals surface area contributed by atoms with E-state index in [0.29, 0.717) is 27.8 Å². The number of nitrogens with one attached hydrogen (secondary N) is 2. The lowest BCUT2D eigenvalue weighted by Crippen LogP contribution is -2.16. The average molecular weight is 502 g/mol. The van der Waals surface area contributed by atoms with Crippen molar-refractivity contribution in [3.8, 4) is 11.1 Å². The number of hydrogen-bond donors (Lipinski definition) is 3. The first-order chi connectivity index (χ1) is 17.0. The van der Waals surface area contributed by atoms with Crippen molar-refractivity contribution in [2.75, 3.05) is 11.6 Å². The molecule has 4 N–H and O–H groups in total. The van der Waals surface area contributed by atoms with Crippen LogP contribution >= 0.6 is 0 Å². The Labute approximate surface area is 208 Å². The monoisotopic (exact) mass is 501 g/mol. The summed E-state index contributed by atoms with van der Waals surface area (Å²) < 4.78 is 28.1. The Morgan fingerprint density at radius 1 is 0.861 bits per heavy atom. The number of anilines is 1. The highest BCUT2D eigenvalue weighted by atomic mass is 32.2. The van der Waals surface area contributed by atoms with E-state index in [1.54, 1.807) is 66.7 Å². The Morgan fingerprint density at radius 3 is 2.11 bits per heavy atom. The molecule has 182 valence electrons. The largest absolute Gasteiger partial charge is 0.384 e. The van der Waals surface area contributed by atoms with E-state index >= 15 is 0 Å². The number of carbonyl (C=O) groups is 2. The number of fused-ring (bicyclic) bond motifs is 1. The van der Waals surface area contributed by atoms with Gasteiger partial charge >= 0.3 is 16.1 Å². The third-order valence-corrected chi connectivity index (χ3v) is 5.95. The van der Waals surface area contributed by atoms with Crippen LogP contribution in [0.1, 0.15) is 31.8 Å². The maximum atomic E-state index is 13.4. The molecule has 4 aromatic carbocycles. The van der Waals surface area contributed by atoms with Crippen molar-refractivity contribution in [2.45, 2.75) is 6.92 Å². The van der Waals surface area contributed by atoms with E-state index in [1.165, 1.54) is 0 Å². The molecular weight excluding hydrogens is 478 g/mol. The maximum absolute atomic E-state index is 13.4. The van der Waals surface area contributed by atoms with Gasteiger partial charge in [-0.15, -0.1) is 0 Å². The molecule has 1 amide bonds. The van der Waals surface area contributed by atoms with Gasteiger partial charge in [0.2, 0.25) is 0 Å². The summed E-state index contributed by atoms with van der Waals surface area (Å²) in [6.07, 6.45) is 0.799. The quantitative estimate of drug-likeness (QED) is 0.202. The van der Waals surface area contributed by atoms with E-state index in [-0.39, 0.29) is 17.0 Å². The average Bonchev–Trinajstić information content (AvgIpc) is 2.82. The van der Waals surface area contributed by atoms with Crippen LogP contribution < -0.4 is 11.1 Å². The second-order valence-corrected chi connectivity index (χ2v) is 9.89. The van der Waals surface area contributed by atoms with Gasteiger partial charge in [0.15, 0.2) is 0 Å². The highest BCUT2D eigenvalue weighted by Crippen LogP contribution is 2.33. The van der Waals surface area contributed by atoms with Crippen LogP contribution in [-0.2, 0) is 14.3 Å². The molecule has 0 aliphatic heterocycles. The normalized spacial score (nSPS) is 11.2. The molecule has 0 aromatic heterocycles. The molecule has 0 radical (unpaired) electrons. The first-order valence-corrected chi connectivity index (χ1v) is 12.7. The Balaban J connectivity index is 1.84. The lowest BCUT2D eigenvalue weighted by Gasteiger charge is -2.16. The predicted molar refractivity (Wildman–Crippen MR) is 140 cm³/mol. The van der Waals surface area contributed by atoms with Crippen LogP contribution in [0.3, 0.4) is 0 Å². The van der Waals surface area contributed by atoms with E-state index in [0.717, 1.165) is 17.2 Å². The van der Waals surface area contributed by atoms with Crippen molar-refractivity contribution in [2.24, 2.45) is 5.73 Å². The highest BCUT2D eigenvalue weighted by molar-refractivity contribution is 7.86. The standard InChI is InChI=1S/C27H23N3O5S/c1-16-7-12-21(23(13-16)26(31)30-20-10-8-17(9-11-20)25(28)29)22-14-18-5-3-4-6-19(18)15-24(22)27(32)35-36(2,33)34/h3-15H,1-2H3,(H3,28,29)(H,30,31). The Morgan fingerprint density at radius 2 is 1.50 bits per heavy atom. The topological polar surface area (TPSA) is 139 Å². The van der Waals surface area contributed by atoms with Gasteiger partial charge in [-0.2, -0.15) is 8.42 Å². The van der Waals surface area contributed by atoms with Crippen LogP contribution in [0.25, 0.3) is 21.9 Å². The van der Waals surface area contributed by atoms with Crippen molar-refractivity contribution in [3.63, 3.8) is 0 Å². The van der Waals surface area contributed by atoms with Gasteiger partial charge in [0, 0.05) is 16.8 Å².